The molecule has 6 nitrogen and oxygen atoms in total. The average molecular weight is 330 g/mol. The number of benzene rings is 1. The highest BCUT2D eigenvalue weighted by Crippen LogP contribution is 2.14. The first-order valence-corrected chi connectivity index (χ1v) is 8.41. The highest BCUT2D eigenvalue weighted by atomic mass is 16.2. The topological polar surface area (TPSA) is 76.0 Å². The summed E-state index contributed by atoms with van der Waals surface area (Å²) in [5, 5.41) is 5.46. The van der Waals surface area contributed by atoms with E-state index in [1.807, 2.05) is 35.9 Å². The van der Waals surface area contributed by atoms with E-state index < -0.39 is 0 Å². The third kappa shape index (κ3) is 5.08. The fraction of sp³-hybridized carbons (Fsp3) is 0.500. The van der Waals surface area contributed by atoms with E-state index in [1.165, 1.54) is 0 Å². The molecule has 6 heteroatoms. The molecule has 0 aliphatic carbocycles. The number of imidazole rings is 1. The molecule has 0 unspecified atom stereocenters. The van der Waals surface area contributed by atoms with Crippen LogP contribution in [0.15, 0.2) is 24.3 Å². The van der Waals surface area contributed by atoms with Crippen molar-refractivity contribution in [1.82, 2.24) is 20.2 Å². The highest BCUT2D eigenvalue weighted by molar-refractivity contribution is 5.84. The van der Waals surface area contributed by atoms with Gasteiger partial charge < -0.3 is 15.2 Å². The van der Waals surface area contributed by atoms with Crippen LogP contribution in [0.5, 0.6) is 0 Å². The van der Waals surface area contributed by atoms with Crippen molar-refractivity contribution in [3.63, 3.8) is 0 Å². The van der Waals surface area contributed by atoms with Gasteiger partial charge in [-0.25, -0.2) is 4.98 Å². The van der Waals surface area contributed by atoms with E-state index in [1.54, 1.807) is 0 Å². The van der Waals surface area contributed by atoms with Gasteiger partial charge in [-0.1, -0.05) is 26.0 Å². The summed E-state index contributed by atoms with van der Waals surface area (Å²) in [5.41, 5.74) is 2.04. The van der Waals surface area contributed by atoms with Gasteiger partial charge in [0.05, 0.1) is 17.6 Å². The number of hydrogen-bond donors (Lipinski definition) is 2. The Balaban J connectivity index is 1.72. The predicted molar refractivity (Wildman–Crippen MR) is 94.5 cm³/mol. The van der Waals surface area contributed by atoms with Crippen LogP contribution in [0.25, 0.3) is 11.0 Å². The molecule has 1 heterocycles. The summed E-state index contributed by atoms with van der Waals surface area (Å²) in [7, 11) is 1.97. The van der Waals surface area contributed by atoms with Crippen molar-refractivity contribution in [3.05, 3.63) is 30.1 Å². The van der Waals surface area contributed by atoms with Crippen molar-refractivity contribution in [3.8, 4) is 0 Å². The third-order valence-electron chi connectivity index (χ3n) is 3.95. The minimum absolute atomic E-state index is 0.0273. The summed E-state index contributed by atoms with van der Waals surface area (Å²) in [6.45, 7) is 4.67. The zero-order valence-electron chi connectivity index (χ0n) is 14.6. The first kappa shape index (κ1) is 18.0. The number of carbonyl (C=O) groups is 2. The number of aryl methyl sites for hydroxylation is 1. The van der Waals surface area contributed by atoms with Crippen LogP contribution in [0.4, 0.5) is 0 Å². The van der Waals surface area contributed by atoms with Gasteiger partial charge in [0.2, 0.25) is 11.8 Å². The van der Waals surface area contributed by atoms with Crippen molar-refractivity contribution in [2.45, 2.75) is 33.1 Å². The maximum absolute atomic E-state index is 11.8. The second-order valence-corrected chi connectivity index (χ2v) is 6.38. The Kier molecular flexibility index (Phi) is 6.35. The number of fused-ring (bicyclic) bond motifs is 1. The van der Waals surface area contributed by atoms with Crippen molar-refractivity contribution in [2.24, 2.45) is 13.0 Å². The van der Waals surface area contributed by atoms with Crippen LogP contribution in [0.1, 0.15) is 32.5 Å². The number of amides is 2. The van der Waals surface area contributed by atoms with Crippen LogP contribution in [-0.4, -0.2) is 34.5 Å². The molecule has 2 amide bonds. The molecule has 0 aliphatic heterocycles. The molecule has 2 N–H and O–H groups in total. The minimum atomic E-state index is -0.174. The van der Waals surface area contributed by atoms with E-state index in [2.05, 4.69) is 29.5 Å². The van der Waals surface area contributed by atoms with Gasteiger partial charge in [0.25, 0.3) is 0 Å². The van der Waals surface area contributed by atoms with E-state index in [0.717, 1.165) is 23.3 Å². The summed E-state index contributed by atoms with van der Waals surface area (Å²) in [5.74, 6) is 1.16. The molecule has 2 rings (SSSR count). The van der Waals surface area contributed by atoms with Crippen LogP contribution in [0, 0.1) is 5.92 Å². The summed E-state index contributed by atoms with van der Waals surface area (Å²) >= 11 is 0. The SMILES string of the molecule is CC(C)CCC(=O)NCC(=O)NCCc1nc2ccccc2n1C. The lowest BCUT2D eigenvalue weighted by atomic mass is 10.1. The molecular formula is C18H26N4O2. The van der Waals surface area contributed by atoms with Gasteiger partial charge in [-0.3, -0.25) is 9.59 Å². The zero-order valence-corrected chi connectivity index (χ0v) is 14.6. The minimum Gasteiger partial charge on any atom is -0.354 e. The van der Waals surface area contributed by atoms with Crippen LogP contribution in [0.3, 0.4) is 0 Å². The number of aromatic nitrogens is 2. The van der Waals surface area contributed by atoms with E-state index in [-0.39, 0.29) is 18.4 Å². The van der Waals surface area contributed by atoms with Gasteiger partial charge in [-0.05, 0) is 24.5 Å². The lowest BCUT2D eigenvalue weighted by Crippen LogP contribution is -2.37. The first-order valence-electron chi connectivity index (χ1n) is 8.41. The molecular weight excluding hydrogens is 304 g/mol. The van der Waals surface area contributed by atoms with E-state index in [4.69, 9.17) is 0 Å². The number of nitrogens with one attached hydrogen (secondary N) is 2. The van der Waals surface area contributed by atoms with Gasteiger partial charge in [0, 0.05) is 26.4 Å². The molecule has 24 heavy (non-hydrogen) atoms. The molecule has 1 aromatic carbocycles. The van der Waals surface area contributed by atoms with Gasteiger partial charge >= 0.3 is 0 Å². The Bertz CT molecular complexity index is 706. The Hall–Kier alpha value is -2.37. The fourth-order valence-electron chi connectivity index (χ4n) is 2.48. The van der Waals surface area contributed by atoms with E-state index in [9.17, 15) is 9.59 Å². The molecule has 0 spiro atoms. The molecule has 0 saturated carbocycles. The molecule has 0 radical (unpaired) electrons. The molecule has 130 valence electrons. The quantitative estimate of drug-likeness (QED) is 0.775. The monoisotopic (exact) mass is 330 g/mol. The molecule has 2 aromatic rings. The first-order chi connectivity index (χ1) is 11.5. The maximum atomic E-state index is 11.8. The number of para-hydroxylation sites is 2. The lowest BCUT2D eigenvalue weighted by Gasteiger charge is -2.08. The number of nitrogens with zero attached hydrogens (tertiary/aromatic N) is 2. The van der Waals surface area contributed by atoms with Crippen molar-refractivity contribution >= 4 is 22.8 Å². The maximum Gasteiger partial charge on any atom is 0.239 e. The van der Waals surface area contributed by atoms with Crippen molar-refractivity contribution in [1.29, 1.82) is 0 Å². The van der Waals surface area contributed by atoms with Crippen LogP contribution >= 0.6 is 0 Å². The van der Waals surface area contributed by atoms with E-state index in [0.29, 0.717) is 25.3 Å². The molecule has 0 saturated heterocycles. The molecule has 0 bridgehead atoms. The third-order valence-corrected chi connectivity index (χ3v) is 3.95. The fourth-order valence-corrected chi connectivity index (χ4v) is 2.48. The summed E-state index contributed by atoms with van der Waals surface area (Å²) in [6, 6.07) is 7.95. The standard InChI is InChI=1S/C18H26N4O2/c1-13(2)8-9-17(23)20-12-18(24)19-11-10-16-21-14-6-4-5-7-15(14)22(16)3/h4-7,13H,8-12H2,1-3H3,(H,19,24)(H,20,23). The van der Waals surface area contributed by atoms with Crippen LogP contribution in [-0.2, 0) is 23.1 Å². The van der Waals surface area contributed by atoms with Gasteiger partial charge in [0.1, 0.15) is 5.82 Å². The normalized spacial score (nSPS) is 11.0. The zero-order chi connectivity index (χ0) is 17.5. The molecule has 0 fully saturated rings. The van der Waals surface area contributed by atoms with Crippen molar-refractivity contribution in [2.75, 3.05) is 13.1 Å². The largest absolute Gasteiger partial charge is 0.354 e. The van der Waals surface area contributed by atoms with Crippen LogP contribution < -0.4 is 10.6 Å². The molecule has 0 aliphatic rings. The molecule has 0 atom stereocenters. The van der Waals surface area contributed by atoms with E-state index >= 15 is 0 Å². The smallest absolute Gasteiger partial charge is 0.239 e. The van der Waals surface area contributed by atoms with Crippen LogP contribution in [0.2, 0.25) is 0 Å². The second kappa shape index (κ2) is 8.47. The van der Waals surface area contributed by atoms with Crippen molar-refractivity contribution < 1.29 is 9.59 Å². The van der Waals surface area contributed by atoms with Gasteiger partial charge in [-0.15, -0.1) is 0 Å². The number of rotatable bonds is 8. The lowest BCUT2D eigenvalue weighted by molar-refractivity contribution is -0.126. The second-order valence-electron chi connectivity index (χ2n) is 6.38. The van der Waals surface area contributed by atoms with Gasteiger partial charge in [-0.2, -0.15) is 0 Å². The summed E-state index contributed by atoms with van der Waals surface area (Å²) in [4.78, 5) is 27.9. The Morgan fingerprint density at radius 1 is 1.17 bits per heavy atom. The number of carbonyl (C=O) groups excluding carboxylic acids is 2. The molecule has 1 aromatic heterocycles. The highest BCUT2D eigenvalue weighted by Gasteiger charge is 2.09. The Morgan fingerprint density at radius 2 is 1.92 bits per heavy atom. The number of hydrogen-bond acceptors (Lipinski definition) is 3. The van der Waals surface area contributed by atoms with Gasteiger partial charge in [0.15, 0.2) is 0 Å². The summed E-state index contributed by atoms with van der Waals surface area (Å²) < 4.78 is 2.04. The Morgan fingerprint density at radius 3 is 2.62 bits per heavy atom. The Labute approximate surface area is 142 Å². The predicted octanol–water partition coefficient (Wildman–Crippen LogP) is 1.78. The average Bonchev–Trinajstić information content (AvgIpc) is 2.87. The summed E-state index contributed by atoms with van der Waals surface area (Å²) in [6.07, 6.45) is 1.95.